The highest BCUT2D eigenvalue weighted by Crippen LogP contribution is 2.24. The molecule has 2 aromatic rings. The van der Waals surface area contributed by atoms with Crippen LogP contribution in [0, 0.1) is 0 Å². The second-order valence-electron chi connectivity index (χ2n) is 6.11. The Morgan fingerprint density at radius 1 is 1.22 bits per heavy atom. The molecular formula is C19H23ClN2O4S. The van der Waals surface area contributed by atoms with E-state index in [1.165, 1.54) is 19.2 Å². The molecule has 0 aliphatic heterocycles. The molecule has 1 N–H and O–H groups in total. The second kappa shape index (κ2) is 9.10. The maximum Gasteiger partial charge on any atom is 0.252 e. The fourth-order valence-corrected chi connectivity index (χ4v) is 3.19. The lowest BCUT2D eigenvalue weighted by Crippen LogP contribution is -2.27. The van der Waals surface area contributed by atoms with Crippen molar-refractivity contribution >= 4 is 33.2 Å². The predicted molar refractivity (Wildman–Crippen MR) is 108 cm³/mol. The van der Waals surface area contributed by atoms with Gasteiger partial charge in [-0.3, -0.25) is 9.10 Å². The van der Waals surface area contributed by atoms with Crippen molar-refractivity contribution < 1.29 is 17.9 Å². The van der Waals surface area contributed by atoms with E-state index in [1.54, 1.807) is 13.2 Å². The van der Waals surface area contributed by atoms with Crippen LogP contribution >= 0.6 is 11.6 Å². The molecule has 0 aliphatic carbocycles. The Kier molecular flexibility index (Phi) is 7.10. The van der Waals surface area contributed by atoms with Crippen LogP contribution in [0.4, 0.5) is 5.69 Å². The third-order valence-electron chi connectivity index (χ3n) is 4.12. The number of rotatable bonds is 8. The first-order valence-corrected chi connectivity index (χ1v) is 10.6. The maximum atomic E-state index is 12.4. The number of aryl methyl sites for hydroxylation is 1. The average molecular weight is 411 g/mol. The van der Waals surface area contributed by atoms with Crippen molar-refractivity contribution in [1.82, 2.24) is 5.32 Å². The summed E-state index contributed by atoms with van der Waals surface area (Å²) in [6.07, 6.45) is 2.64. The number of carbonyl (C=O) groups excluding carboxylic acids is 1. The molecule has 0 atom stereocenters. The van der Waals surface area contributed by atoms with E-state index < -0.39 is 10.0 Å². The second-order valence-corrected chi connectivity index (χ2v) is 8.53. The minimum absolute atomic E-state index is 0.242. The van der Waals surface area contributed by atoms with Gasteiger partial charge in [-0.25, -0.2) is 8.42 Å². The van der Waals surface area contributed by atoms with Gasteiger partial charge in [0.1, 0.15) is 5.75 Å². The van der Waals surface area contributed by atoms with Crippen molar-refractivity contribution in [2.24, 2.45) is 0 Å². The van der Waals surface area contributed by atoms with E-state index in [4.69, 9.17) is 16.3 Å². The van der Waals surface area contributed by atoms with Crippen molar-refractivity contribution in [3.8, 4) is 5.75 Å². The van der Waals surface area contributed by atoms with Crippen LogP contribution in [0.3, 0.4) is 0 Å². The van der Waals surface area contributed by atoms with Crippen molar-refractivity contribution in [3.63, 3.8) is 0 Å². The van der Waals surface area contributed by atoms with Gasteiger partial charge in [0.2, 0.25) is 10.0 Å². The van der Waals surface area contributed by atoms with Gasteiger partial charge in [-0.1, -0.05) is 23.7 Å². The number of sulfonamides is 1. The standard InChI is InChI=1S/C19H23ClN2O4S/c1-22(27(3,24)25)15-9-10-18(20)17(13-15)19(23)21-11-5-7-14-6-4-8-16(12-14)26-2/h4,6,8-10,12-13H,5,7,11H2,1-3H3,(H,21,23). The van der Waals surface area contributed by atoms with Gasteiger partial charge in [-0.2, -0.15) is 0 Å². The number of nitrogens with one attached hydrogen (secondary N) is 1. The summed E-state index contributed by atoms with van der Waals surface area (Å²) < 4.78 is 29.6. The summed E-state index contributed by atoms with van der Waals surface area (Å²) in [4.78, 5) is 12.4. The molecule has 0 saturated heterocycles. The number of amides is 1. The topological polar surface area (TPSA) is 75.7 Å². The van der Waals surface area contributed by atoms with Gasteiger partial charge >= 0.3 is 0 Å². The van der Waals surface area contributed by atoms with E-state index in [1.807, 2.05) is 24.3 Å². The van der Waals surface area contributed by atoms with Crippen LogP contribution in [0.15, 0.2) is 42.5 Å². The number of anilines is 1. The molecule has 2 rings (SSSR count). The summed E-state index contributed by atoms with van der Waals surface area (Å²) in [7, 11) is -0.372. The molecule has 146 valence electrons. The van der Waals surface area contributed by atoms with E-state index in [0.29, 0.717) is 12.2 Å². The minimum Gasteiger partial charge on any atom is -0.497 e. The Balaban J connectivity index is 1.97. The van der Waals surface area contributed by atoms with Crippen molar-refractivity contribution in [3.05, 3.63) is 58.6 Å². The highest BCUT2D eigenvalue weighted by Gasteiger charge is 2.16. The number of carbonyl (C=O) groups is 1. The van der Waals surface area contributed by atoms with Crippen LogP contribution in [0.1, 0.15) is 22.3 Å². The Morgan fingerprint density at radius 2 is 1.96 bits per heavy atom. The molecule has 0 saturated carbocycles. The number of nitrogens with zero attached hydrogens (tertiary/aromatic N) is 1. The lowest BCUT2D eigenvalue weighted by Gasteiger charge is -2.18. The molecule has 2 aromatic carbocycles. The number of hydrogen-bond donors (Lipinski definition) is 1. The van der Waals surface area contributed by atoms with E-state index in [9.17, 15) is 13.2 Å². The summed E-state index contributed by atoms with van der Waals surface area (Å²) in [5.41, 5.74) is 1.74. The van der Waals surface area contributed by atoms with E-state index in [-0.39, 0.29) is 16.5 Å². The largest absolute Gasteiger partial charge is 0.497 e. The number of methoxy groups -OCH3 is 1. The molecular weight excluding hydrogens is 388 g/mol. The van der Waals surface area contributed by atoms with E-state index in [0.717, 1.165) is 34.7 Å². The average Bonchev–Trinajstić information content (AvgIpc) is 2.64. The Hall–Kier alpha value is -2.25. The molecule has 0 spiro atoms. The number of halogens is 1. The van der Waals surface area contributed by atoms with Gasteiger partial charge in [0.25, 0.3) is 5.91 Å². The number of hydrogen-bond acceptors (Lipinski definition) is 4. The van der Waals surface area contributed by atoms with Crippen molar-refractivity contribution in [2.75, 3.05) is 31.3 Å². The summed E-state index contributed by atoms with van der Waals surface area (Å²) in [5.74, 6) is 0.463. The molecule has 0 aliphatic rings. The van der Waals surface area contributed by atoms with E-state index in [2.05, 4.69) is 5.32 Å². The molecule has 8 heteroatoms. The Bertz CT molecular complexity index is 916. The zero-order chi connectivity index (χ0) is 20.0. The smallest absolute Gasteiger partial charge is 0.252 e. The van der Waals surface area contributed by atoms with Gasteiger partial charge in [0, 0.05) is 13.6 Å². The first kappa shape index (κ1) is 21.1. The molecule has 0 heterocycles. The van der Waals surface area contributed by atoms with Crippen LogP contribution < -0.4 is 14.4 Å². The van der Waals surface area contributed by atoms with Gasteiger partial charge in [0.05, 0.1) is 29.6 Å². The summed E-state index contributed by atoms with van der Waals surface area (Å²) in [6, 6.07) is 12.3. The van der Waals surface area contributed by atoms with Crippen LogP contribution in [-0.4, -0.2) is 41.3 Å². The maximum absolute atomic E-state index is 12.4. The Labute approximate surface area is 165 Å². The third-order valence-corrected chi connectivity index (χ3v) is 5.65. The molecule has 0 fully saturated rings. The molecule has 0 aromatic heterocycles. The van der Waals surface area contributed by atoms with Gasteiger partial charge in [-0.15, -0.1) is 0 Å². The number of benzene rings is 2. The van der Waals surface area contributed by atoms with Crippen molar-refractivity contribution in [1.29, 1.82) is 0 Å². The Morgan fingerprint density at radius 3 is 2.63 bits per heavy atom. The zero-order valence-electron chi connectivity index (χ0n) is 15.5. The summed E-state index contributed by atoms with van der Waals surface area (Å²) in [5, 5.41) is 3.09. The molecule has 0 bridgehead atoms. The predicted octanol–water partition coefficient (Wildman–Crippen LogP) is 3.11. The van der Waals surface area contributed by atoms with Gasteiger partial charge in [0.15, 0.2) is 0 Å². The van der Waals surface area contributed by atoms with Crippen molar-refractivity contribution in [2.45, 2.75) is 12.8 Å². The normalized spacial score (nSPS) is 11.1. The highest BCUT2D eigenvalue weighted by molar-refractivity contribution is 7.92. The monoisotopic (exact) mass is 410 g/mol. The SMILES string of the molecule is COc1cccc(CCCNC(=O)c2cc(N(C)S(C)(=O)=O)ccc2Cl)c1. The fraction of sp³-hybridized carbons (Fsp3) is 0.316. The molecule has 27 heavy (non-hydrogen) atoms. The van der Waals surface area contributed by atoms with E-state index >= 15 is 0 Å². The lowest BCUT2D eigenvalue weighted by atomic mass is 10.1. The van der Waals surface area contributed by atoms with Crippen LogP contribution in [0.2, 0.25) is 5.02 Å². The van der Waals surface area contributed by atoms with Gasteiger partial charge in [-0.05, 0) is 48.7 Å². The minimum atomic E-state index is -3.42. The quantitative estimate of drug-likeness (QED) is 0.678. The number of ether oxygens (including phenoxy) is 1. The van der Waals surface area contributed by atoms with Crippen LogP contribution in [0.5, 0.6) is 5.75 Å². The zero-order valence-corrected chi connectivity index (χ0v) is 17.1. The third kappa shape index (κ3) is 5.87. The highest BCUT2D eigenvalue weighted by atomic mass is 35.5. The fourth-order valence-electron chi connectivity index (χ4n) is 2.49. The van der Waals surface area contributed by atoms with Crippen LogP contribution in [0.25, 0.3) is 0 Å². The van der Waals surface area contributed by atoms with Crippen LogP contribution in [-0.2, 0) is 16.4 Å². The molecule has 0 unspecified atom stereocenters. The first-order chi connectivity index (χ1) is 12.7. The lowest BCUT2D eigenvalue weighted by molar-refractivity contribution is 0.0953. The molecule has 6 nitrogen and oxygen atoms in total. The molecule has 0 radical (unpaired) electrons. The molecule has 1 amide bonds. The summed E-state index contributed by atoms with van der Waals surface area (Å²) >= 11 is 6.11. The van der Waals surface area contributed by atoms with Gasteiger partial charge < -0.3 is 10.1 Å². The summed E-state index contributed by atoms with van der Waals surface area (Å²) in [6.45, 7) is 0.471. The first-order valence-electron chi connectivity index (χ1n) is 8.37.